The summed E-state index contributed by atoms with van der Waals surface area (Å²) in [6.45, 7) is 4.36. The summed E-state index contributed by atoms with van der Waals surface area (Å²) in [5.74, 6) is 0.809. The van der Waals surface area contributed by atoms with Crippen LogP contribution in [0.25, 0.3) is 0 Å². The number of hydrogen-bond acceptors (Lipinski definition) is 4. The van der Waals surface area contributed by atoms with Crippen LogP contribution in [-0.2, 0) is 17.6 Å². The highest BCUT2D eigenvalue weighted by atomic mass is 16.5. The minimum atomic E-state index is -0.258. The van der Waals surface area contributed by atoms with E-state index in [-0.39, 0.29) is 11.9 Å². The zero-order valence-corrected chi connectivity index (χ0v) is 13.7. The van der Waals surface area contributed by atoms with Gasteiger partial charge in [0.05, 0.1) is 12.1 Å². The van der Waals surface area contributed by atoms with Crippen molar-refractivity contribution in [3.05, 3.63) is 40.8 Å². The number of nitrogens with one attached hydrogen (secondary N) is 3. The van der Waals surface area contributed by atoms with Crippen LogP contribution < -0.4 is 16.0 Å². The van der Waals surface area contributed by atoms with E-state index in [4.69, 9.17) is 4.52 Å². The molecule has 1 aromatic carbocycles. The Balaban J connectivity index is 1.45. The highest BCUT2D eigenvalue weighted by Crippen LogP contribution is 2.25. The summed E-state index contributed by atoms with van der Waals surface area (Å²) in [5.41, 5.74) is 4.39. The SMILES string of the molecule is Cc1noc(C)c1CCCNC(=O)Nc1ccc2c(c1)CC(=O)N2. The van der Waals surface area contributed by atoms with Crippen molar-refractivity contribution in [3.63, 3.8) is 0 Å². The molecule has 0 bridgehead atoms. The van der Waals surface area contributed by atoms with E-state index in [2.05, 4.69) is 21.1 Å². The van der Waals surface area contributed by atoms with Crippen LogP contribution in [0.5, 0.6) is 0 Å². The second-order valence-electron chi connectivity index (χ2n) is 5.88. The van der Waals surface area contributed by atoms with Crippen LogP contribution in [0.1, 0.15) is 29.0 Å². The fourth-order valence-electron chi connectivity index (χ4n) is 2.81. The topological polar surface area (TPSA) is 96.3 Å². The summed E-state index contributed by atoms with van der Waals surface area (Å²) >= 11 is 0. The average molecular weight is 328 g/mol. The molecule has 1 aromatic heterocycles. The second-order valence-corrected chi connectivity index (χ2v) is 5.88. The number of aromatic nitrogens is 1. The molecule has 3 amide bonds. The Labute approximate surface area is 139 Å². The van der Waals surface area contributed by atoms with Gasteiger partial charge < -0.3 is 20.5 Å². The van der Waals surface area contributed by atoms with Crippen molar-refractivity contribution in [2.45, 2.75) is 33.1 Å². The fourth-order valence-corrected chi connectivity index (χ4v) is 2.81. The number of hydrogen-bond donors (Lipinski definition) is 3. The predicted molar refractivity (Wildman–Crippen MR) is 90.1 cm³/mol. The maximum atomic E-state index is 11.9. The molecule has 3 rings (SSSR count). The van der Waals surface area contributed by atoms with E-state index in [1.165, 1.54) is 0 Å². The van der Waals surface area contributed by atoms with E-state index in [0.29, 0.717) is 18.7 Å². The Morgan fingerprint density at radius 3 is 2.96 bits per heavy atom. The van der Waals surface area contributed by atoms with Crippen LogP contribution in [0.15, 0.2) is 22.7 Å². The Hall–Kier alpha value is -2.83. The molecular weight excluding hydrogens is 308 g/mol. The summed E-state index contributed by atoms with van der Waals surface area (Å²) in [5, 5.41) is 12.3. The van der Waals surface area contributed by atoms with Crippen molar-refractivity contribution < 1.29 is 14.1 Å². The minimum absolute atomic E-state index is 0.0223. The summed E-state index contributed by atoms with van der Waals surface area (Å²) in [6.07, 6.45) is 1.97. The van der Waals surface area contributed by atoms with E-state index in [1.807, 2.05) is 19.9 Å². The average Bonchev–Trinajstić information content (AvgIpc) is 3.06. The van der Waals surface area contributed by atoms with E-state index in [0.717, 1.165) is 41.1 Å². The van der Waals surface area contributed by atoms with Crippen molar-refractivity contribution in [2.24, 2.45) is 0 Å². The Morgan fingerprint density at radius 2 is 2.21 bits per heavy atom. The van der Waals surface area contributed by atoms with Gasteiger partial charge >= 0.3 is 6.03 Å². The fraction of sp³-hybridized carbons (Fsp3) is 0.353. The molecule has 0 fully saturated rings. The van der Waals surface area contributed by atoms with E-state index >= 15 is 0 Å². The van der Waals surface area contributed by atoms with Gasteiger partial charge in [-0.05, 0) is 50.5 Å². The maximum absolute atomic E-state index is 11.9. The molecular formula is C17H20N4O3. The number of benzene rings is 1. The highest BCUT2D eigenvalue weighted by Gasteiger charge is 2.17. The molecule has 2 heterocycles. The van der Waals surface area contributed by atoms with Crippen molar-refractivity contribution in [1.29, 1.82) is 0 Å². The second kappa shape index (κ2) is 6.74. The molecule has 24 heavy (non-hydrogen) atoms. The van der Waals surface area contributed by atoms with Gasteiger partial charge in [0.25, 0.3) is 0 Å². The number of aryl methyl sites for hydroxylation is 2. The van der Waals surface area contributed by atoms with Gasteiger partial charge in [-0.2, -0.15) is 0 Å². The monoisotopic (exact) mass is 328 g/mol. The van der Waals surface area contributed by atoms with Crippen LogP contribution in [0.2, 0.25) is 0 Å². The Morgan fingerprint density at radius 1 is 1.38 bits per heavy atom. The van der Waals surface area contributed by atoms with Gasteiger partial charge in [0.2, 0.25) is 5.91 Å². The molecule has 7 nitrogen and oxygen atoms in total. The first-order chi connectivity index (χ1) is 11.5. The summed E-state index contributed by atoms with van der Waals surface area (Å²) < 4.78 is 5.12. The predicted octanol–water partition coefficient (Wildman–Crippen LogP) is 2.54. The van der Waals surface area contributed by atoms with Crippen molar-refractivity contribution in [2.75, 3.05) is 17.2 Å². The number of carbonyl (C=O) groups is 2. The number of nitrogens with zero attached hydrogens (tertiary/aromatic N) is 1. The maximum Gasteiger partial charge on any atom is 0.319 e. The van der Waals surface area contributed by atoms with Gasteiger partial charge in [-0.25, -0.2) is 4.79 Å². The normalized spacial score (nSPS) is 12.7. The lowest BCUT2D eigenvalue weighted by atomic mass is 10.1. The molecule has 126 valence electrons. The van der Waals surface area contributed by atoms with Crippen LogP contribution in [0, 0.1) is 13.8 Å². The summed E-state index contributed by atoms with van der Waals surface area (Å²) in [6, 6.07) is 5.13. The van der Waals surface area contributed by atoms with Gasteiger partial charge in [-0.15, -0.1) is 0 Å². The molecule has 0 atom stereocenters. The highest BCUT2D eigenvalue weighted by molar-refractivity contribution is 6.00. The van der Waals surface area contributed by atoms with Crippen LogP contribution in [-0.4, -0.2) is 23.6 Å². The lowest BCUT2D eigenvalue weighted by molar-refractivity contribution is -0.115. The molecule has 0 aliphatic carbocycles. The molecule has 1 aliphatic heterocycles. The van der Waals surface area contributed by atoms with Gasteiger partial charge in [0.1, 0.15) is 5.76 Å². The molecule has 2 aromatic rings. The van der Waals surface area contributed by atoms with Gasteiger partial charge in [0, 0.05) is 23.5 Å². The first kappa shape index (κ1) is 16.0. The quantitative estimate of drug-likeness (QED) is 0.735. The first-order valence-corrected chi connectivity index (χ1v) is 7.92. The first-order valence-electron chi connectivity index (χ1n) is 7.92. The number of urea groups is 1. The van der Waals surface area contributed by atoms with Gasteiger partial charge in [-0.3, -0.25) is 4.79 Å². The molecule has 1 aliphatic rings. The van der Waals surface area contributed by atoms with Crippen molar-refractivity contribution >= 4 is 23.3 Å². The molecule has 0 saturated heterocycles. The zero-order chi connectivity index (χ0) is 17.1. The van der Waals surface area contributed by atoms with Crippen molar-refractivity contribution in [1.82, 2.24) is 10.5 Å². The smallest absolute Gasteiger partial charge is 0.319 e. The number of fused-ring (bicyclic) bond motifs is 1. The Kier molecular flexibility index (Phi) is 4.50. The number of carbonyl (C=O) groups excluding carboxylic acids is 2. The molecule has 3 N–H and O–H groups in total. The largest absolute Gasteiger partial charge is 0.361 e. The summed E-state index contributed by atoms with van der Waals surface area (Å²) in [7, 11) is 0. The third-order valence-electron chi connectivity index (χ3n) is 4.06. The van der Waals surface area contributed by atoms with E-state index in [9.17, 15) is 9.59 Å². The van der Waals surface area contributed by atoms with Crippen LogP contribution in [0.3, 0.4) is 0 Å². The third kappa shape index (κ3) is 3.56. The van der Waals surface area contributed by atoms with E-state index < -0.39 is 0 Å². The number of anilines is 2. The van der Waals surface area contributed by atoms with Crippen molar-refractivity contribution in [3.8, 4) is 0 Å². The van der Waals surface area contributed by atoms with Crippen LogP contribution in [0.4, 0.5) is 16.2 Å². The van der Waals surface area contributed by atoms with Gasteiger partial charge in [-0.1, -0.05) is 5.16 Å². The standard InChI is InChI=1S/C17H20N4O3/c1-10-14(11(2)24-21-10)4-3-7-18-17(23)19-13-5-6-15-12(8-13)9-16(22)20-15/h5-6,8H,3-4,7,9H2,1-2H3,(H,20,22)(H2,18,19,23). The minimum Gasteiger partial charge on any atom is -0.361 e. The lowest BCUT2D eigenvalue weighted by Gasteiger charge is -2.09. The molecule has 0 unspecified atom stereocenters. The molecule has 0 spiro atoms. The molecule has 0 saturated carbocycles. The van der Waals surface area contributed by atoms with E-state index in [1.54, 1.807) is 12.1 Å². The lowest BCUT2D eigenvalue weighted by Crippen LogP contribution is -2.29. The number of amides is 3. The van der Waals surface area contributed by atoms with Gasteiger partial charge in [0.15, 0.2) is 0 Å². The zero-order valence-electron chi connectivity index (χ0n) is 13.7. The molecule has 0 radical (unpaired) electrons. The Bertz CT molecular complexity index is 763. The molecule has 7 heteroatoms. The number of rotatable bonds is 5. The summed E-state index contributed by atoms with van der Waals surface area (Å²) in [4.78, 5) is 23.3. The van der Waals surface area contributed by atoms with Crippen LogP contribution >= 0.6 is 0 Å². The third-order valence-corrected chi connectivity index (χ3v) is 4.06.